The number of carbonyl (C=O) groups excluding carboxylic acids is 1. The summed E-state index contributed by atoms with van der Waals surface area (Å²) < 4.78 is 5.18. The largest absolute Gasteiger partial charge is 0.388 e. The summed E-state index contributed by atoms with van der Waals surface area (Å²) in [6, 6.07) is 0. The Kier molecular flexibility index (Phi) is 3.39. The molecule has 0 aliphatic carbocycles. The normalized spacial score (nSPS) is 35.4. The molecule has 2 rings (SSSR count). The highest BCUT2D eigenvalue weighted by Crippen LogP contribution is 2.19. The molecule has 98 valence electrons. The summed E-state index contributed by atoms with van der Waals surface area (Å²) in [5, 5.41) is 21.4. The molecule has 2 aliphatic rings. The highest BCUT2D eigenvalue weighted by molar-refractivity contribution is 7.80. The minimum Gasteiger partial charge on any atom is -0.388 e. The Morgan fingerprint density at radius 3 is 2.56 bits per heavy atom. The highest BCUT2D eigenvalue weighted by Gasteiger charge is 2.41. The van der Waals surface area contributed by atoms with Crippen LogP contribution >= 0.6 is 12.2 Å². The minimum absolute atomic E-state index is 0.0288. The zero-order chi connectivity index (χ0) is 13.4. The van der Waals surface area contributed by atoms with Crippen LogP contribution in [0.5, 0.6) is 0 Å². The first-order chi connectivity index (χ1) is 8.40. The lowest BCUT2D eigenvalue weighted by Crippen LogP contribution is -2.48. The first kappa shape index (κ1) is 13.0. The second kappa shape index (κ2) is 4.69. The van der Waals surface area contributed by atoms with E-state index in [-0.39, 0.29) is 16.7 Å². The number of ether oxygens (including phenoxy) is 1. The van der Waals surface area contributed by atoms with Crippen LogP contribution in [0.1, 0.15) is 6.92 Å². The average molecular weight is 272 g/mol. The third-order valence-electron chi connectivity index (χ3n) is 2.66. The number of nitrogens with zero attached hydrogens (tertiary/aromatic N) is 2. The molecule has 0 radical (unpaired) electrons. The molecule has 0 aromatic heterocycles. The van der Waals surface area contributed by atoms with E-state index in [0.717, 1.165) is 0 Å². The Hall–Kier alpha value is -1.42. The molecule has 0 bridgehead atoms. The summed E-state index contributed by atoms with van der Waals surface area (Å²) in [5.74, 6) is -0.750. The van der Waals surface area contributed by atoms with Crippen LogP contribution in [-0.4, -0.2) is 57.3 Å². The van der Waals surface area contributed by atoms with Crippen molar-refractivity contribution in [2.75, 3.05) is 0 Å². The maximum atomic E-state index is 11.8. The van der Waals surface area contributed by atoms with Gasteiger partial charge in [0.05, 0.1) is 6.10 Å². The smallest absolute Gasteiger partial charge is 0.275 e. The van der Waals surface area contributed by atoms with Gasteiger partial charge in [-0.3, -0.25) is 4.79 Å². The maximum absolute atomic E-state index is 11.8. The van der Waals surface area contributed by atoms with Gasteiger partial charge in [0.15, 0.2) is 17.8 Å². The predicted octanol–water partition coefficient (Wildman–Crippen LogP) is -2.33. The number of amidine groups is 1. The van der Waals surface area contributed by atoms with E-state index in [1.807, 2.05) is 0 Å². The maximum Gasteiger partial charge on any atom is 0.275 e. The number of aliphatic hydroxyl groups excluding tert-OH is 2. The minimum atomic E-state index is -1.21. The molecule has 1 saturated heterocycles. The molecule has 0 spiro atoms. The van der Waals surface area contributed by atoms with Gasteiger partial charge in [0, 0.05) is 0 Å². The van der Waals surface area contributed by atoms with E-state index in [1.54, 1.807) is 6.92 Å². The van der Waals surface area contributed by atoms with Crippen LogP contribution in [0.3, 0.4) is 0 Å². The van der Waals surface area contributed by atoms with Gasteiger partial charge in [-0.05, 0) is 19.1 Å². The number of amides is 1. The molecule has 1 amide bonds. The average Bonchev–Trinajstić information content (AvgIpc) is 2.75. The Labute approximate surface area is 108 Å². The monoisotopic (exact) mass is 272 g/mol. The molecule has 2 aliphatic heterocycles. The van der Waals surface area contributed by atoms with Crippen molar-refractivity contribution in [1.82, 2.24) is 5.32 Å². The van der Waals surface area contributed by atoms with E-state index in [2.05, 4.69) is 27.5 Å². The lowest BCUT2D eigenvalue weighted by Gasteiger charge is -2.16. The number of hydrogen-bond acceptors (Lipinski definition) is 6. The van der Waals surface area contributed by atoms with Crippen molar-refractivity contribution in [3.05, 3.63) is 0 Å². The molecule has 1 fully saturated rings. The van der Waals surface area contributed by atoms with Crippen LogP contribution in [-0.2, 0) is 9.53 Å². The third-order valence-corrected chi connectivity index (χ3v) is 2.84. The standard InChI is InChI=1S/C9H12N4O4S/c1-2-4(14)5(15)8(17-2)13-7(16)3-6(10)12-9(18)11-3/h2,4-5,8,14-15H,1H3,(H,13,16)(H2,10,12,18)/t2-,4-,5-,8-/m1/s1. The SMILES string of the molecule is C[C@H]1O[C@@H](NC(=O)C2=NC(=S)N=C2N)[C@H](O)[C@@H]1O. The first-order valence-corrected chi connectivity index (χ1v) is 5.60. The predicted molar refractivity (Wildman–Crippen MR) is 66.1 cm³/mol. The summed E-state index contributed by atoms with van der Waals surface area (Å²) in [6.45, 7) is 1.58. The van der Waals surface area contributed by atoms with Gasteiger partial charge in [-0.2, -0.15) is 4.99 Å². The highest BCUT2D eigenvalue weighted by atomic mass is 32.1. The molecule has 5 N–H and O–H groups in total. The van der Waals surface area contributed by atoms with E-state index < -0.39 is 30.4 Å². The lowest BCUT2D eigenvalue weighted by atomic mass is 10.1. The van der Waals surface area contributed by atoms with Gasteiger partial charge >= 0.3 is 0 Å². The fourth-order valence-corrected chi connectivity index (χ4v) is 1.86. The fourth-order valence-electron chi connectivity index (χ4n) is 1.67. The van der Waals surface area contributed by atoms with Crippen LogP contribution in [0, 0.1) is 0 Å². The van der Waals surface area contributed by atoms with Crippen molar-refractivity contribution in [2.45, 2.75) is 31.5 Å². The van der Waals surface area contributed by atoms with Crippen molar-refractivity contribution >= 4 is 34.8 Å². The second-order valence-corrected chi connectivity index (χ2v) is 4.32. The van der Waals surface area contributed by atoms with Crippen molar-refractivity contribution in [3.8, 4) is 0 Å². The summed E-state index contributed by atoms with van der Waals surface area (Å²) in [4.78, 5) is 19.1. The third kappa shape index (κ3) is 2.25. The number of thiocarbonyl (C=S) groups is 1. The Morgan fingerprint density at radius 1 is 1.44 bits per heavy atom. The molecule has 0 unspecified atom stereocenters. The molecule has 0 saturated carbocycles. The van der Waals surface area contributed by atoms with Gasteiger partial charge in [-0.1, -0.05) is 0 Å². The first-order valence-electron chi connectivity index (χ1n) is 5.20. The number of hydrogen-bond donors (Lipinski definition) is 4. The van der Waals surface area contributed by atoms with E-state index in [1.165, 1.54) is 0 Å². The van der Waals surface area contributed by atoms with Crippen molar-refractivity contribution < 1.29 is 19.7 Å². The number of aliphatic imine (C=N–C) groups is 2. The van der Waals surface area contributed by atoms with Gasteiger partial charge in [-0.25, -0.2) is 4.99 Å². The van der Waals surface area contributed by atoms with Gasteiger partial charge in [0.2, 0.25) is 5.11 Å². The van der Waals surface area contributed by atoms with Gasteiger partial charge in [-0.15, -0.1) is 0 Å². The molecule has 9 heteroatoms. The van der Waals surface area contributed by atoms with E-state index in [0.29, 0.717) is 0 Å². The molecule has 4 atom stereocenters. The van der Waals surface area contributed by atoms with Crippen LogP contribution in [0.25, 0.3) is 0 Å². The van der Waals surface area contributed by atoms with E-state index in [4.69, 9.17) is 10.5 Å². The zero-order valence-corrected chi connectivity index (χ0v) is 10.2. The molecular formula is C9H12N4O4S. The van der Waals surface area contributed by atoms with E-state index >= 15 is 0 Å². The zero-order valence-electron chi connectivity index (χ0n) is 9.40. The molecule has 8 nitrogen and oxygen atoms in total. The molecular weight excluding hydrogens is 260 g/mol. The number of nitrogens with two attached hydrogens (primary N) is 1. The summed E-state index contributed by atoms with van der Waals surface area (Å²) in [6.07, 6.45) is -3.88. The Morgan fingerprint density at radius 2 is 2.11 bits per heavy atom. The van der Waals surface area contributed by atoms with Gasteiger partial charge in [0.25, 0.3) is 5.91 Å². The number of nitrogens with one attached hydrogen (secondary N) is 1. The molecule has 2 heterocycles. The molecule has 0 aromatic carbocycles. The molecule has 18 heavy (non-hydrogen) atoms. The summed E-state index contributed by atoms with van der Waals surface area (Å²) in [7, 11) is 0. The fraction of sp³-hybridized carbons (Fsp3) is 0.556. The van der Waals surface area contributed by atoms with Crippen LogP contribution in [0.4, 0.5) is 0 Å². The topological polar surface area (TPSA) is 130 Å². The van der Waals surface area contributed by atoms with Gasteiger partial charge in [0.1, 0.15) is 12.2 Å². The van der Waals surface area contributed by atoms with Crippen molar-refractivity contribution in [1.29, 1.82) is 0 Å². The second-order valence-electron chi connectivity index (χ2n) is 3.96. The quantitative estimate of drug-likeness (QED) is 0.417. The summed E-state index contributed by atoms with van der Waals surface area (Å²) in [5.41, 5.74) is 5.33. The van der Waals surface area contributed by atoms with Crippen LogP contribution in [0.15, 0.2) is 9.98 Å². The lowest BCUT2D eigenvalue weighted by molar-refractivity contribution is -0.120. The number of aliphatic hydroxyl groups is 2. The number of carbonyl (C=O) groups is 1. The van der Waals surface area contributed by atoms with Crippen molar-refractivity contribution in [3.63, 3.8) is 0 Å². The van der Waals surface area contributed by atoms with Crippen LogP contribution in [0.2, 0.25) is 0 Å². The van der Waals surface area contributed by atoms with Gasteiger partial charge < -0.3 is 26.0 Å². The Balaban J connectivity index is 2.04. The Bertz CT molecular complexity index is 463. The van der Waals surface area contributed by atoms with E-state index in [9.17, 15) is 15.0 Å². The van der Waals surface area contributed by atoms with Crippen molar-refractivity contribution in [2.24, 2.45) is 15.7 Å². The summed E-state index contributed by atoms with van der Waals surface area (Å²) >= 11 is 4.68. The molecule has 0 aromatic rings. The number of rotatable bonds is 2. The van der Waals surface area contributed by atoms with Crippen LogP contribution < -0.4 is 11.1 Å².